The van der Waals surface area contributed by atoms with Crippen molar-refractivity contribution >= 4 is 19.2 Å². The van der Waals surface area contributed by atoms with Crippen molar-refractivity contribution in [3.8, 4) is 0 Å². The minimum atomic E-state index is -1.58. The van der Waals surface area contributed by atoms with Crippen LogP contribution in [-0.2, 0) is 9.53 Å². The molecule has 1 aromatic carbocycles. The summed E-state index contributed by atoms with van der Waals surface area (Å²) in [7, 11) is -1.58. The van der Waals surface area contributed by atoms with Crippen LogP contribution in [0.1, 0.15) is 41.0 Å². The monoisotopic (exact) mass is 332 g/mol. The van der Waals surface area contributed by atoms with Crippen LogP contribution in [-0.4, -0.2) is 20.7 Å². The molecule has 3 heteroatoms. The van der Waals surface area contributed by atoms with Crippen LogP contribution in [0.4, 0.5) is 0 Å². The Morgan fingerprint density at radius 3 is 2.30 bits per heavy atom. The number of ether oxygens (including phenoxy) is 1. The predicted octanol–water partition coefficient (Wildman–Crippen LogP) is 4.70. The molecule has 2 nitrogen and oxygen atoms in total. The van der Waals surface area contributed by atoms with E-state index in [-0.39, 0.29) is 5.97 Å². The highest BCUT2D eigenvalue weighted by molar-refractivity contribution is 6.95. The Balaban J connectivity index is 2.62. The summed E-state index contributed by atoms with van der Waals surface area (Å²) in [6.07, 6.45) is 3.24. The molecule has 0 aliphatic heterocycles. The molecular formula is C20H32O2Si. The van der Waals surface area contributed by atoms with Crippen LogP contribution >= 0.6 is 0 Å². The molecule has 0 aliphatic rings. The Labute approximate surface area is 143 Å². The Morgan fingerprint density at radius 2 is 1.78 bits per heavy atom. The number of carbonyl (C=O) groups excluding carboxylic acids is 1. The maximum Gasteiger partial charge on any atom is 0.311 e. The number of allylic oxidation sites excluding steroid dienone is 2. The molecule has 128 valence electrons. The fourth-order valence-corrected chi connectivity index (χ4v) is 4.54. The molecule has 23 heavy (non-hydrogen) atoms. The normalized spacial score (nSPS) is 14.5. The number of hydrogen-bond acceptors (Lipinski definition) is 2. The Kier molecular flexibility index (Phi) is 6.81. The average molecular weight is 333 g/mol. The van der Waals surface area contributed by atoms with Gasteiger partial charge in [0.2, 0.25) is 0 Å². The van der Waals surface area contributed by atoms with Crippen LogP contribution in [0.3, 0.4) is 0 Å². The highest BCUT2D eigenvalue weighted by Gasteiger charge is 2.26. The SMILES string of the molecule is C/C(=C\[C@H](C)CCOC(=O)C(C)(C)C)[Si](C)(C)c1ccccc1. The van der Waals surface area contributed by atoms with Gasteiger partial charge in [-0.2, -0.15) is 0 Å². The van der Waals surface area contributed by atoms with Gasteiger partial charge in [0.25, 0.3) is 0 Å². The summed E-state index contributed by atoms with van der Waals surface area (Å²) < 4.78 is 5.37. The minimum absolute atomic E-state index is 0.121. The van der Waals surface area contributed by atoms with Gasteiger partial charge >= 0.3 is 5.97 Å². The molecule has 0 saturated carbocycles. The molecule has 0 fully saturated rings. The second-order valence-corrected chi connectivity index (χ2v) is 12.6. The Morgan fingerprint density at radius 1 is 1.22 bits per heavy atom. The van der Waals surface area contributed by atoms with Crippen molar-refractivity contribution < 1.29 is 9.53 Å². The standard InChI is InChI=1S/C20H32O2Si/c1-16(13-14-22-19(21)20(3,4)5)15-17(2)23(6,7)18-11-9-8-10-12-18/h8-12,15-16H,13-14H2,1-7H3/b17-15+/t16-/m1/s1. The van der Waals surface area contributed by atoms with Gasteiger partial charge in [0.1, 0.15) is 8.07 Å². The first kappa shape index (κ1) is 19.7. The van der Waals surface area contributed by atoms with Crippen molar-refractivity contribution in [3.63, 3.8) is 0 Å². The predicted molar refractivity (Wildman–Crippen MR) is 102 cm³/mol. The molecule has 0 heterocycles. The summed E-state index contributed by atoms with van der Waals surface area (Å²) >= 11 is 0. The van der Waals surface area contributed by atoms with Gasteiger partial charge in [-0.3, -0.25) is 4.79 Å². The van der Waals surface area contributed by atoms with Gasteiger partial charge in [-0.1, -0.05) is 66.8 Å². The second kappa shape index (κ2) is 7.96. The highest BCUT2D eigenvalue weighted by atomic mass is 28.3. The first-order valence-electron chi connectivity index (χ1n) is 8.47. The zero-order chi connectivity index (χ0) is 17.7. The maximum absolute atomic E-state index is 11.8. The van der Waals surface area contributed by atoms with Gasteiger partial charge < -0.3 is 4.74 Å². The molecule has 0 saturated heterocycles. The zero-order valence-electron chi connectivity index (χ0n) is 15.8. The van der Waals surface area contributed by atoms with Crippen molar-refractivity contribution in [2.75, 3.05) is 6.61 Å². The summed E-state index contributed by atoms with van der Waals surface area (Å²) in [4.78, 5) is 11.8. The van der Waals surface area contributed by atoms with Gasteiger partial charge in [-0.25, -0.2) is 0 Å². The van der Waals surface area contributed by atoms with Crippen molar-refractivity contribution in [3.05, 3.63) is 41.6 Å². The fraction of sp³-hybridized carbons (Fsp3) is 0.550. The molecule has 0 spiro atoms. The van der Waals surface area contributed by atoms with Gasteiger partial charge in [-0.15, -0.1) is 0 Å². The lowest BCUT2D eigenvalue weighted by Crippen LogP contribution is -2.43. The van der Waals surface area contributed by atoms with Crippen LogP contribution in [0.2, 0.25) is 13.1 Å². The molecule has 0 N–H and O–H groups in total. The molecule has 0 unspecified atom stereocenters. The smallest absolute Gasteiger partial charge is 0.311 e. The number of esters is 1. The largest absolute Gasteiger partial charge is 0.465 e. The van der Waals surface area contributed by atoms with Gasteiger partial charge in [-0.05, 0) is 40.0 Å². The number of benzene rings is 1. The molecule has 0 radical (unpaired) electrons. The van der Waals surface area contributed by atoms with E-state index in [1.165, 1.54) is 10.4 Å². The number of carbonyl (C=O) groups is 1. The first-order chi connectivity index (χ1) is 10.5. The van der Waals surface area contributed by atoms with E-state index in [1.54, 1.807) is 0 Å². The lowest BCUT2D eigenvalue weighted by Gasteiger charge is -2.25. The van der Waals surface area contributed by atoms with Crippen molar-refractivity contribution in [2.24, 2.45) is 11.3 Å². The Hall–Kier alpha value is -1.35. The summed E-state index contributed by atoms with van der Waals surface area (Å²) in [5.74, 6) is 0.294. The topological polar surface area (TPSA) is 26.3 Å². The molecule has 1 atom stereocenters. The Bertz CT molecular complexity index is 539. The molecule has 0 aliphatic carbocycles. The molecule has 0 amide bonds. The van der Waals surface area contributed by atoms with Crippen LogP contribution in [0, 0.1) is 11.3 Å². The van der Waals surface area contributed by atoms with Gasteiger partial charge in [0.15, 0.2) is 0 Å². The van der Waals surface area contributed by atoms with E-state index >= 15 is 0 Å². The zero-order valence-corrected chi connectivity index (χ0v) is 16.8. The first-order valence-corrected chi connectivity index (χ1v) is 11.5. The molecular weight excluding hydrogens is 300 g/mol. The van der Waals surface area contributed by atoms with E-state index in [0.29, 0.717) is 12.5 Å². The maximum atomic E-state index is 11.8. The molecule has 1 rings (SSSR count). The molecule has 0 aromatic heterocycles. The summed E-state index contributed by atoms with van der Waals surface area (Å²) in [6.45, 7) is 15.4. The van der Waals surface area contributed by atoms with E-state index in [2.05, 4.69) is 63.3 Å². The van der Waals surface area contributed by atoms with Crippen LogP contribution in [0.15, 0.2) is 41.6 Å². The van der Waals surface area contributed by atoms with Gasteiger partial charge in [0.05, 0.1) is 12.0 Å². The van der Waals surface area contributed by atoms with Crippen molar-refractivity contribution in [2.45, 2.75) is 54.1 Å². The van der Waals surface area contributed by atoms with Crippen LogP contribution in [0.5, 0.6) is 0 Å². The number of hydrogen-bond donors (Lipinski definition) is 0. The lowest BCUT2D eigenvalue weighted by molar-refractivity contribution is -0.153. The van der Waals surface area contributed by atoms with E-state index in [9.17, 15) is 4.79 Å². The third-order valence-electron chi connectivity index (χ3n) is 4.43. The third kappa shape index (κ3) is 5.98. The minimum Gasteiger partial charge on any atom is -0.465 e. The summed E-state index contributed by atoms with van der Waals surface area (Å²) in [6, 6.07) is 10.8. The average Bonchev–Trinajstić information content (AvgIpc) is 2.46. The second-order valence-electron chi connectivity index (χ2n) is 7.99. The number of rotatable bonds is 6. The lowest BCUT2D eigenvalue weighted by atomic mass is 9.97. The van der Waals surface area contributed by atoms with E-state index in [1.807, 2.05) is 20.8 Å². The van der Waals surface area contributed by atoms with E-state index in [0.717, 1.165) is 6.42 Å². The fourth-order valence-electron chi connectivity index (χ4n) is 2.35. The van der Waals surface area contributed by atoms with E-state index < -0.39 is 13.5 Å². The van der Waals surface area contributed by atoms with Crippen LogP contribution in [0.25, 0.3) is 0 Å². The quantitative estimate of drug-likeness (QED) is 0.557. The summed E-state index contributed by atoms with van der Waals surface area (Å²) in [5.41, 5.74) is -0.419. The molecule has 1 aromatic rings. The van der Waals surface area contributed by atoms with Crippen molar-refractivity contribution in [1.29, 1.82) is 0 Å². The highest BCUT2D eigenvalue weighted by Crippen LogP contribution is 2.19. The van der Waals surface area contributed by atoms with Crippen LogP contribution < -0.4 is 5.19 Å². The summed E-state index contributed by atoms with van der Waals surface area (Å²) in [5, 5.41) is 2.94. The molecule has 0 bridgehead atoms. The van der Waals surface area contributed by atoms with Crippen molar-refractivity contribution in [1.82, 2.24) is 0 Å². The van der Waals surface area contributed by atoms with E-state index in [4.69, 9.17) is 4.74 Å². The third-order valence-corrected chi connectivity index (χ3v) is 8.35. The van der Waals surface area contributed by atoms with Gasteiger partial charge in [0, 0.05) is 0 Å².